The monoisotopic (exact) mass is 532 g/mol. The highest BCUT2D eigenvalue weighted by Gasteiger charge is 2.21. The maximum Gasteiger partial charge on any atom is 0.338 e. The van der Waals surface area contributed by atoms with Gasteiger partial charge in [0.1, 0.15) is 6.61 Å². The third-order valence-corrected chi connectivity index (χ3v) is 6.28. The molecular weight excluding hydrogens is 500 g/mol. The first-order valence-corrected chi connectivity index (χ1v) is 12.7. The van der Waals surface area contributed by atoms with Crippen molar-refractivity contribution in [1.29, 1.82) is 0 Å². The lowest BCUT2D eigenvalue weighted by Gasteiger charge is -2.23. The second-order valence-electron chi connectivity index (χ2n) is 8.66. The minimum absolute atomic E-state index is 0.00824. The van der Waals surface area contributed by atoms with E-state index >= 15 is 0 Å². The number of nitro benzene ring substituents is 2. The Morgan fingerprint density at radius 2 is 1.18 bits per heavy atom. The number of hydrogen-bond donors (Lipinski definition) is 0. The molecule has 3 aromatic carbocycles. The number of rotatable bonds is 13. The molecule has 3 rings (SSSR count). The Labute approximate surface area is 227 Å². The minimum Gasteiger partial charge on any atom is -0.460 e. The van der Waals surface area contributed by atoms with Crippen molar-refractivity contribution in [3.63, 3.8) is 0 Å². The average Bonchev–Trinajstić information content (AvgIpc) is 2.95. The first kappa shape index (κ1) is 28.8. The molecule has 0 aliphatic heterocycles. The fourth-order valence-electron chi connectivity index (χ4n) is 4.10. The summed E-state index contributed by atoms with van der Waals surface area (Å²) in [6.45, 7) is 9.25. The number of esters is 1. The topological polar surface area (TPSA) is 119 Å². The van der Waals surface area contributed by atoms with Gasteiger partial charge in [-0.15, -0.1) is 0 Å². The van der Waals surface area contributed by atoms with Crippen molar-refractivity contribution >= 4 is 40.9 Å². The quantitative estimate of drug-likeness (QED) is 0.110. The summed E-state index contributed by atoms with van der Waals surface area (Å²) < 4.78 is 5.26. The van der Waals surface area contributed by atoms with Gasteiger partial charge in [-0.2, -0.15) is 0 Å². The second-order valence-corrected chi connectivity index (χ2v) is 8.66. The van der Waals surface area contributed by atoms with Crippen molar-refractivity contribution in [1.82, 2.24) is 0 Å². The predicted octanol–water partition coefficient (Wildman–Crippen LogP) is 6.20. The lowest BCUT2D eigenvalue weighted by molar-refractivity contribution is -0.394. The van der Waals surface area contributed by atoms with Crippen LogP contribution in [0.2, 0.25) is 0 Å². The van der Waals surface area contributed by atoms with E-state index < -0.39 is 27.2 Å². The Kier molecular flexibility index (Phi) is 10.1. The minimum atomic E-state index is -0.858. The van der Waals surface area contributed by atoms with Crippen LogP contribution in [0.4, 0.5) is 22.7 Å². The standard InChI is InChI=1S/C29H32N4O6/c1-4-30(5-2)25-13-9-22(10-14-25)7-8-23-11-15-26(16-12-23)31(6-3)17-18-39-29(34)24-19-27(32(35)36)21-28(20-24)33(37)38/h7-16,19-21H,4-6,17-18H2,1-3H3/b8-7+. The zero-order valence-corrected chi connectivity index (χ0v) is 22.3. The molecule has 0 saturated carbocycles. The number of hydrogen-bond acceptors (Lipinski definition) is 8. The van der Waals surface area contributed by atoms with Gasteiger partial charge in [-0.3, -0.25) is 20.2 Å². The molecule has 10 nitrogen and oxygen atoms in total. The van der Waals surface area contributed by atoms with Crippen molar-refractivity contribution in [2.24, 2.45) is 0 Å². The van der Waals surface area contributed by atoms with Gasteiger partial charge in [-0.1, -0.05) is 36.4 Å². The SMILES string of the molecule is CCN(CC)c1ccc(/C=C/c2ccc(N(CC)CCOC(=O)c3cc([N+](=O)[O-])cc([N+](=O)[O-])c3)cc2)cc1. The molecule has 0 atom stereocenters. The number of nitro groups is 2. The average molecular weight is 533 g/mol. The fourth-order valence-corrected chi connectivity index (χ4v) is 4.10. The van der Waals surface area contributed by atoms with Crippen molar-refractivity contribution in [2.45, 2.75) is 20.8 Å². The Balaban J connectivity index is 1.58. The van der Waals surface area contributed by atoms with E-state index in [2.05, 4.69) is 49.1 Å². The van der Waals surface area contributed by atoms with Crippen molar-refractivity contribution < 1.29 is 19.4 Å². The molecule has 0 radical (unpaired) electrons. The summed E-state index contributed by atoms with van der Waals surface area (Å²) in [4.78, 5) is 37.3. The molecule has 10 heteroatoms. The molecule has 0 fully saturated rings. The van der Waals surface area contributed by atoms with Crippen LogP contribution in [0.25, 0.3) is 12.2 Å². The van der Waals surface area contributed by atoms with Gasteiger partial charge in [0.05, 0.1) is 28.0 Å². The van der Waals surface area contributed by atoms with Crippen LogP contribution in [0.3, 0.4) is 0 Å². The maximum absolute atomic E-state index is 12.4. The normalized spacial score (nSPS) is 10.8. The molecule has 0 amide bonds. The third-order valence-electron chi connectivity index (χ3n) is 6.28. The van der Waals surface area contributed by atoms with Crippen molar-refractivity contribution in [3.05, 3.63) is 104 Å². The summed E-state index contributed by atoms with van der Waals surface area (Å²) in [6.07, 6.45) is 4.11. The largest absolute Gasteiger partial charge is 0.460 e. The Bertz CT molecular complexity index is 1290. The zero-order chi connectivity index (χ0) is 28.4. The number of carbonyl (C=O) groups is 1. The van der Waals surface area contributed by atoms with E-state index in [9.17, 15) is 25.0 Å². The van der Waals surface area contributed by atoms with E-state index in [4.69, 9.17) is 4.74 Å². The number of benzene rings is 3. The summed E-state index contributed by atoms with van der Waals surface area (Å²) in [7, 11) is 0. The highest BCUT2D eigenvalue weighted by Crippen LogP contribution is 2.23. The second kappa shape index (κ2) is 13.7. The van der Waals surface area contributed by atoms with Crippen LogP contribution in [-0.4, -0.2) is 48.6 Å². The van der Waals surface area contributed by atoms with E-state index in [-0.39, 0.29) is 12.2 Å². The Morgan fingerprint density at radius 3 is 1.59 bits per heavy atom. The van der Waals surface area contributed by atoms with Crippen molar-refractivity contribution in [2.75, 3.05) is 42.6 Å². The number of ether oxygens (including phenoxy) is 1. The molecule has 3 aromatic rings. The van der Waals surface area contributed by atoms with E-state index in [0.29, 0.717) is 13.1 Å². The highest BCUT2D eigenvalue weighted by molar-refractivity contribution is 5.91. The number of likely N-dealkylation sites (N-methyl/N-ethyl adjacent to an activating group) is 1. The van der Waals surface area contributed by atoms with E-state index in [1.807, 2.05) is 42.2 Å². The van der Waals surface area contributed by atoms with Gasteiger partial charge in [0.2, 0.25) is 0 Å². The summed E-state index contributed by atoms with van der Waals surface area (Å²) in [5.74, 6) is -0.858. The molecule has 0 unspecified atom stereocenters. The first-order chi connectivity index (χ1) is 18.7. The molecule has 0 heterocycles. The highest BCUT2D eigenvalue weighted by atomic mass is 16.6. The molecule has 39 heavy (non-hydrogen) atoms. The smallest absolute Gasteiger partial charge is 0.338 e. The molecule has 0 aliphatic carbocycles. The van der Waals surface area contributed by atoms with Crippen LogP contribution in [-0.2, 0) is 4.74 Å². The number of carbonyl (C=O) groups excluding carboxylic acids is 1. The Hall–Kier alpha value is -4.73. The summed E-state index contributed by atoms with van der Waals surface area (Å²) >= 11 is 0. The van der Waals surface area contributed by atoms with Crippen LogP contribution < -0.4 is 9.80 Å². The van der Waals surface area contributed by atoms with Gasteiger partial charge in [-0.25, -0.2) is 4.79 Å². The van der Waals surface area contributed by atoms with Gasteiger partial charge in [0, 0.05) is 43.1 Å². The fraction of sp³-hybridized carbons (Fsp3) is 0.276. The summed E-state index contributed by atoms with van der Waals surface area (Å²) in [5, 5.41) is 22.1. The predicted molar refractivity (Wildman–Crippen MR) is 153 cm³/mol. The first-order valence-electron chi connectivity index (χ1n) is 12.7. The van der Waals surface area contributed by atoms with Gasteiger partial charge in [0.25, 0.3) is 11.4 Å². The maximum atomic E-state index is 12.4. The van der Waals surface area contributed by atoms with Gasteiger partial charge in [-0.05, 0) is 56.2 Å². The van der Waals surface area contributed by atoms with Crippen LogP contribution in [0, 0.1) is 20.2 Å². The molecule has 0 aromatic heterocycles. The molecule has 0 N–H and O–H groups in total. The molecular formula is C29H32N4O6. The number of non-ortho nitro benzene ring substituents is 2. The van der Waals surface area contributed by atoms with Gasteiger partial charge < -0.3 is 14.5 Å². The molecule has 0 aliphatic rings. The van der Waals surface area contributed by atoms with Crippen molar-refractivity contribution in [3.8, 4) is 0 Å². The summed E-state index contributed by atoms with van der Waals surface area (Å²) in [5.41, 5.74) is 2.98. The van der Waals surface area contributed by atoms with E-state index in [1.54, 1.807) is 0 Å². The molecule has 0 saturated heterocycles. The van der Waals surface area contributed by atoms with Crippen LogP contribution in [0.5, 0.6) is 0 Å². The summed E-state index contributed by atoms with van der Waals surface area (Å²) in [6, 6.07) is 19.2. The molecule has 0 bridgehead atoms. The van der Waals surface area contributed by atoms with E-state index in [1.165, 1.54) is 5.69 Å². The van der Waals surface area contributed by atoms with Gasteiger partial charge in [0.15, 0.2) is 0 Å². The van der Waals surface area contributed by atoms with Crippen LogP contribution in [0.15, 0.2) is 66.7 Å². The molecule has 0 spiro atoms. The van der Waals surface area contributed by atoms with Crippen LogP contribution >= 0.6 is 0 Å². The van der Waals surface area contributed by atoms with Crippen LogP contribution in [0.1, 0.15) is 42.3 Å². The zero-order valence-electron chi connectivity index (χ0n) is 22.3. The number of anilines is 2. The lowest BCUT2D eigenvalue weighted by atomic mass is 10.1. The van der Waals surface area contributed by atoms with Gasteiger partial charge >= 0.3 is 5.97 Å². The molecule has 204 valence electrons. The lowest BCUT2D eigenvalue weighted by Crippen LogP contribution is -2.28. The number of nitrogens with zero attached hydrogens (tertiary/aromatic N) is 4. The Morgan fingerprint density at radius 1 is 0.744 bits per heavy atom. The third kappa shape index (κ3) is 7.88. The van der Waals surface area contributed by atoms with E-state index in [0.717, 1.165) is 48.1 Å².